The number of hydrogen-bond acceptors (Lipinski definition) is 5. The zero-order valence-corrected chi connectivity index (χ0v) is 21.0. The van der Waals surface area contributed by atoms with E-state index in [0.29, 0.717) is 19.8 Å². The highest BCUT2D eigenvalue weighted by Gasteiger charge is 2.15. The minimum Gasteiger partial charge on any atom is -0.379 e. The fourth-order valence-corrected chi connectivity index (χ4v) is 3.29. The van der Waals surface area contributed by atoms with Gasteiger partial charge in [0.05, 0.1) is 18.8 Å². The van der Waals surface area contributed by atoms with E-state index >= 15 is 0 Å². The first-order chi connectivity index (χ1) is 14.6. The number of aryl methyl sites for hydroxylation is 1. The van der Waals surface area contributed by atoms with Gasteiger partial charge in [0.25, 0.3) is 0 Å². The lowest BCUT2D eigenvalue weighted by Gasteiger charge is -2.19. The lowest BCUT2D eigenvalue weighted by Crippen LogP contribution is -2.39. The van der Waals surface area contributed by atoms with Crippen LogP contribution in [-0.2, 0) is 23.1 Å². The van der Waals surface area contributed by atoms with Gasteiger partial charge in [-0.25, -0.2) is 4.99 Å². The maximum absolute atomic E-state index is 5.75. The summed E-state index contributed by atoms with van der Waals surface area (Å²) in [6.45, 7) is 7.56. The minimum absolute atomic E-state index is 0. The van der Waals surface area contributed by atoms with Crippen LogP contribution in [0.2, 0.25) is 0 Å². The first kappa shape index (κ1) is 25.5. The van der Waals surface area contributed by atoms with Gasteiger partial charge in [-0.2, -0.15) is 0 Å². The molecular formula is C22H35IN6O2. The van der Waals surface area contributed by atoms with Crippen LogP contribution in [0, 0.1) is 6.92 Å². The molecule has 0 radical (unpaired) electrons. The highest BCUT2D eigenvalue weighted by molar-refractivity contribution is 14.0. The second kappa shape index (κ2) is 13.6. The first-order valence-electron chi connectivity index (χ1n) is 10.8. The lowest BCUT2D eigenvalue weighted by molar-refractivity contribution is 0.0168. The van der Waals surface area contributed by atoms with Crippen LogP contribution in [0.5, 0.6) is 0 Å². The second-order valence-electron chi connectivity index (χ2n) is 7.65. The Morgan fingerprint density at radius 1 is 1.32 bits per heavy atom. The van der Waals surface area contributed by atoms with E-state index in [9.17, 15) is 0 Å². The Labute approximate surface area is 202 Å². The molecule has 2 N–H and O–H groups in total. The highest BCUT2D eigenvalue weighted by atomic mass is 127. The van der Waals surface area contributed by atoms with Crippen LogP contribution in [0.1, 0.15) is 49.4 Å². The number of aromatic nitrogens is 3. The molecule has 8 nitrogen and oxygen atoms in total. The summed E-state index contributed by atoms with van der Waals surface area (Å²) < 4.78 is 13.3. The number of guanidine groups is 1. The van der Waals surface area contributed by atoms with Gasteiger partial charge in [0.2, 0.25) is 0 Å². The van der Waals surface area contributed by atoms with E-state index in [0.717, 1.165) is 50.0 Å². The van der Waals surface area contributed by atoms with E-state index in [1.807, 2.05) is 36.7 Å². The molecule has 1 aromatic carbocycles. The van der Waals surface area contributed by atoms with Crippen LogP contribution in [0.3, 0.4) is 0 Å². The van der Waals surface area contributed by atoms with Crippen molar-refractivity contribution in [1.82, 2.24) is 25.4 Å². The van der Waals surface area contributed by atoms with Gasteiger partial charge in [-0.1, -0.05) is 30.3 Å². The molecule has 2 unspecified atom stereocenters. The maximum atomic E-state index is 5.75. The summed E-state index contributed by atoms with van der Waals surface area (Å²) in [5.74, 6) is 2.47. The molecule has 0 spiro atoms. The number of rotatable bonds is 10. The predicted molar refractivity (Wildman–Crippen MR) is 133 cm³/mol. The normalized spacial score (nSPS) is 17.3. The Morgan fingerprint density at radius 2 is 2.13 bits per heavy atom. The molecule has 1 saturated heterocycles. The maximum Gasteiger partial charge on any atom is 0.192 e. The SMILES string of the molecule is Cc1nnc(CN=C(NCCCOCC2CCCO2)NC(C)c2ccccc2)n1C.I. The molecule has 2 heterocycles. The van der Waals surface area contributed by atoms with Gasteiger partial charge in [-0.05, 0) is 38.7 Å². The number of nitrogens with one attached hydrogen (secondary N) is 2. The zero-order valence-electron chi connectivity index (χ0n) is 18.7. The molecule has 9 heteroatoms. The van der Waals surface area contributed by atoms with Gasteiger partial charge in [0.1, 0.15) is 12.4 Å². The number of hydrogen-bond donors (Lipinski definition) is 2. The summed E-state index contributed by atoms with van der Waals surface area (Å²) in [4.78, 5) is 4.72. The summed E-state index contributed by atoms with van der Waals surface area (Å²) in [5, 5.41) is 15.2. The van der Waals surface area contributed by atoms with Gasteiger partial charge in [0, 0.05) is 26.8 Å². The van der Waals surface area contributed by atoms with Gasteiger partial charge in [-0.3, -0.25) is 0 Å². The molecule has 172 valence electrons. The highest BCUT2D eigenvalue weighted by Crippen LogP contribution is 2.12. The molecule has 1 fully saturated rings. The van der Waals surface area contributed by atoms with Crippen molar-refractivity contribution in [2.45, 2.75) is 51.8 Å². The van der Waals surface area contributed by atoms with Gasteiger partial charge in [-0.15, -0.1) is 34.2 Å². The van der Waals surface area contributed by atoms with E-state index in [2.05, 4.69) is 39.9 Å². The fraction of sp³-hybridized carbons (Fsp3) is 0.591. The van der Waals surface area contributed by atoms with E-state index in [1.165, 1.54) is 5.56 Å². The number of ether oxygens (including phenoxy) is 2. The molecule has 0 amide bonds. The van der Waals surface area contributed by atoms with E-state index in [4.69, 9.17) is 14.5 Å². The summed E-state index contributed by atoms with van der Waals surface area (Å²) in [7, 11) is 1.96. The Hall–Kier alpha value is -1.72. The lowest BCUT2D eigenvalue weighted by atomic mass is 10.1. The molecule has 2 aromatic rings. The van der Waals surface area contributed by atoms with Crippen molar-refractivity contribution in [3.63, 3.8) is 0 Å². The summed E-state index contributed by atoms with van der Waals surface area (Å²) in [5.41, 5.74) is 1.21. The van der Waals surface area contributed by atoms with Crippen LogP contribution in [0.4, 0.5) is 0 Å². The average Bonchev–Trinajstić information content (AvgIpc) is 3.39. The van der Waals surface area contributed by atoms with Gasteiger partial charge in [0.15, 0.2) is 11.8 Å². The number of aliphatic imine (C=N–C) groups is 1. The van der Waals surface area contributed by atoms with Crippen molar-refractivity contribution in [3.8, 4) is 0 Å². The van der Waals surface area contributed by atoms with Crippen LogP contribution >= 0.6 is 24.0 Å². The minimum atomic E-state index is 0. The second-order valence-corrected chi connectivity index (χ2v) is 7.65. The number of nitrogens with zero attached hydrogens (tertiary/aromatic N) is 4. The molecule has 31 heavy (non-hydrogen) atoms. The van der Waals surface area contributed by atoms with Gasteiger partial charge >= 0.3 is 0 Å². The molecule has 0 aliphatic carbocycles. The Morgan fingerprint density at radius 3 is 2.81 bits per heavy atom. The number of halogens is 1. The topological polar surface area (TPSA) is 85.6 Å². The molecule has 1 aliphatic heterocycles. The first-order valence-corrected chi connectivity index (χ1v) is 10.8. The summed E-state index contributed by atoms with van der Waals surface area (Å²) in [6, 6.07) is 10.5. The van der Waals surface area contributed by atoms with Crippen LogP contribution in [-0.4, -0.2) is 53.2 Å². The quantitative estimate of drug-likeness (QED) is 0.208. The van der Waals surface area contributed by atoms with Crippen LogP contribution in [0.25, 0.3) is 0 Å². The summed E-state index contributed by atoms with van der Waals surface area (Å²) >= 11 is 0. The van der Waals surface area contributed by atoms with Gasteiger partial charge < -0.3 is 24.7 Å². The van der Waals surface area contributed by atoms with Crippen LogP contribution in [0.15, 0.2) is 35.3 Å². The average molecular weight is 542 g/mol. The van der Waals surface area contributed by atoms with E-state index < -0.39 is 0 Å². The van der Waals surface area contributed by atoms with Crippen molar-refractivity contribution < 1.29 is 9.47 Å². The Balaban J connectivity index is 0.00000341. The molecule has 0 saturated carbocycles. The third-order valence-corrected chi connectivity index (χ3v) is 5.30. The molecule has 0 bridgehead atoms. The smallest absolute Gasteiger partial charge is 0.192 e. The van der Waals surface area contributed by atoms with E-state index in [1.54, 1.807) is 0 Å². The molecule has 2 atom stereocenters. The van der Waals surface area contributed by atoms with Crippen LogP contribution < -0.4 is 10.6 Å². The van der Waals surface area contributed by atoms with Crippen molar-refractivity contribution in [2.75, 3.05) is 26.4 Å². The molecular weight excluding hydrogens is 507 g/mol. The fourth-order valence-electron chi connectivity index (χ4n) is 3.29. The Kier molecular flexibility index (Phi) is 11.2. The number of benzene rings is 1. The standard InChI is InChI=1S/C22H34N6O2.HI/c1-17(19-9-5-4-6-10-19)25-22(24-15-21-27-26-18(2)28(21)3)23-12-8-13-29-16-20-11-7-14-30-20;/h4-6,9-10,17,20H,7-8,11-16H2,1-3H3,(H2,23,24,25);1H. The zero-order chi connectivity index (χ0) is 21.2. The third kappa shape index (κ3) is 8.38. The van der Waals surface area contributed by atoms with Crippen molar-refractivity contribution in [1.29, 1.82) is 0 Å². The van der Waals surface area contributed by atoms with Crippen molar-refractivity contribution >= 4 is 29.9 Å². The molecule has 3 rings (SSSR count). The van der Waals surface area contributed by atoms with E-state index in [-0.39, 0.29) is 36.1 Å². The monoisotopic (exact) mass is 542 g/mol. The van der Waals surface area contributed by atoms with Crippen molar-refractivity contribution in [2.24, 2.45) is 12.0 Å². The Bertz CT molecular complexity index is 793. The molecule has 1 aliphatic rings. The van der Waals surface area contributed by atoms with Crippen molar-refractivity contribution in [3.05, 3.63) is 47.5 Å². The summed E-state index contributed by atoms with van der Waals surface area (Å²) in [6.07, 6.45) is 3.43. The molecule has 1 aromatic heterocycles. The predicted octanol–water partition coefficient (Wildman–Crippen LogP) is 3.12. The third-order valence-electron chi connectivity index (χ3n) is 5.30. The largest absolute Gasteiger partial charge is 0.379 e.